The summed E-state index contributed by atoms with van der Waals surface area (Å²) in [5.74, 6) is -0.641. The van der Waals surface area contributed by atoms with Gasteiger partial charge in [0.1, 0.15) is 5.82 Å². The van der Waals surface area contributed by atoms with Gasteiger partial charge < -0.3 is 5.32 Å². The molecule has 24 heavy (non-hydrogen) atoms. The van der Waals surface area contributed by atoms with Crippen molar-refractivity contribution >= 4 is 39.5 Å². The van der Waals surface area contributed by atoms with Gasteiger partial charge in [-0.05, 0) is 23.6 Å². The minimum atomic E-state index is -0.335. The van der Waals surface area contributed by atoms with Gasteiger partial charge >= 0.3 is 0 Å². The first-order valence-corrected chi connectivity index (χ1v) is 8.96. The van der Waals surface area contributed by atoms with Crippen molar-refractivity contribution in [1.82, 2.24) is 4.98 Å². The van der Waals surface area contributed by atoms with E-state index in [0.29, 0.717) is 21.3 Å². The third-order valence-corrected chi connectivity index (χ3v) is 4.91. The summed E-state index contributed by atoms with van der Waals surface area (Å²) < 4.78 is 13.2. The number of nitrogens with one attached hydrogen (secondary N) is 1. The number of Topliss-reactive ketones (excluding diaryl/α,β-unsaturated/α-hetero) is 1. The predicted molar refractivity (Wildman–Crippen MR) is 94.0 cm³/mol. The summed E-state index contributed by atoms with van der Waals surface area (Å²) in [5, 5.41) is 6.69. The van der Waals surface area contributed by atoms with Crippen molar-refractivity contribution in [2.45, 2.75) is 12.8 Å². The smallest absolute Gasteiger partial charge is 0.226 e. The van der Waals surface area contributed by atoms with Crippen LogP contribution in [0.1, 0.15) is 22.5 Å². The van der Waals surface area contributed by atoms with Crippen molar-refractivity contribution in [3.63, 3.8) is 0 Å². The van der Waals surface area contributed by atoms with Gasteiger partial charge in [-0.3, -0.25) is 9.59 Å². The summed E-state index contributed by atoms with van der Waals surface area (Å²) >= 11 is 2.63. The molecule has 0 aliphatic carbocycles. The number of benzene rings is 1. The number of carbonyl (C=O) groups excluding carboxylic acids is 2. The molecule has 0 fully saturated rings. The molecule has 0 radical (unpaired) electrons. The zero-order valence-electron chi connectivity index (χ0n) is 12.5. The van der Waals surface area contributed by atoms with Crippen molar-refractivity contribution in [3.05, 3.63) is 57.9 Å². The van der Waals surface area contributed by atoms with E-state index in [1.165, 1.54) is 34.8 Å². The number of thiophene rings is 1. The highest BCUT2D eigenvalue weighted by molar-refractivity contribution is 7.14. The van der Waals surface area contributed by atoms with Gasteiger partial charge in [0, 0.05) is 23.8 Å². The molecule has 0 aliphatic heterocycles. The Morgan fingerprint density at radius 1 is 1.12 bits per heavy atom. The molecule has 0 saturated carbocycles. The van der Waals surface area contributed by atoms with E-state index in [9.17, 15) is 14.0 Å². The van der Waals surface area contributed by atoms with E-state index in [2.05, 4.69) is 10.3 Å². The van der Waals surface area contributed by atoms with Gasteiger partial charge in [-0.15, -0.1) is 22.7 Å². The summed E-state index contributed by atoms with van der Waals surface area (Å²) in [4.78, 5) is 28.7. The number of amides is 1. The van der Waals surface area contributed by atoms with Crippen molar-refractivity contribution in [1.29, 1.82) is 0 Å². The van der Waals surface area contributed by atoms with Gasteiger partial charge in [0.25, 0.3) is 0 Å². The Kier molecular flexibility index (Phi) is 5.12. The predicted octanol–water partition coefficient (Wildman–Crippen LogP) is 4.61. The van der Waals surface area contributed by atoms with Crippen LogP contribution in [0.4, 0.5) is 9.52 Å². The maximum Gasteiger partial charge on any atom is 0.226 e. The maximum absolute atomic E-state index is 13.2. The lowest BCUT2D eigenvalue weighted by Crippen LogP contribution is -2.13. The average molecular weight is 360 g/mol. The topological polar surface area (TPSA) is 59.1 Å². The van der Waals surface area contributed by atoms with Crippen LogP contribution in [0.5, 0.6) is 0 Å². The molecule has 0 aliphatic rings. The van der Waals surface area contributed by atoms with Crippen LogP contribution >= 0.6 is 22.7 Å². The van der Waals surface area contributed by atoms with E-state index in [-0.39, 0.29) is 30.3 Å². The third kappa shape index (κ3) is 4.12. The quantitative estimate of drug-likeness (QED) is 0.653. The highest BCUT2D eigenvalue weighted by Crippen LogP contribution is 2.25. The summed E-state index contributed by atoms with van der Waals surface area (Å²) in [6.45, 7) is 0. The molecule has 1 amide bonds. The van der Waals surface area contributed by atoms with Gasteiger partial charge in [-0.1, -0.05) is 18.2 Å². The average Bonchev–Trinajstić information content (AvgIpc) is 3.24. The zero-order valence-corrected chi connectivity index (χ0v) is 14.1. The highest BCUT2D eigenvalue weighted by Gasteiger charge is 2.12. The molecule has 3 rings (SSSR count). The number of aromatic nitrogens is 1. The fourth-order valence-corrected chi connectivity index (χ4v) is 3.51. The van der Waals surface area contributed by atoms with Gasteiger partial charge in [-0.25, -0.2) is 9.37 Å². The van der Waals surface area contributed by atoms with Gasteiger partial charge in [0.15, 0.2) is 10.9 Å². The van der Waals surface area contributed by atoms with Crippen LogP contribution in [0.15, 0.2) is 47.2 Å². The normalized spacial score (nSPS) is 10.5. The lowest BCUT2D eigenvalue weighted by molar-refractivity contribution is -0.116. The molecule has 0 bridgehead atoms. The van der Waals surface area contributed by atoms with E-state index in [4.69, 9.17) is 0 Å². The van der Waals surface area contributed by atoms with Crippen LogP contribution in [0.3, 0.4) is 0 Å². The first kappa shape index (κ1) is 16.5. The molecule has 0 spiro atoms. The molecule has 0 saturated heterocycles. The molecule has 2 aromatic heterocycles. The van der Waals surface area contributed by atoms with E-state index in [0.717, 1.165) is 0 Å². The monoisotopic (exact) mass is 360 g/mol. The minimum absolute atomic E-state index is 0.0419. The minimum Gasteiger partial charge on any atom is -0.302 e. The van der Waals surface area contributed by atoms with Crippen LogP contribution < -0.4 is 5.32 Å². The second kappa shape index (κ2) is 7.46. The summed E-state index contributed by atoms with van der Waals surface area (Å²) in [7, 11) is 0. The second-order valence-corrected chi connectivity index (χ2v) is 6.80. The first-order valence-electron chi connectivity index (χ1n) is 7.20. The number of halogens is 1. The van der Waals surface area contributed by atoms with Crippen molar-refractivity contribution in [2.24, 2.45) is 0 Å². The second-order valence-electron chi connectivity index (χ2n) is 5.00. The largest absolute Gasteiger partial charge is 0.302 e. The van der Waals surface area contributed by atoms with Crippen LogP contribution in [0, 0.1) is 5.82 Å². The highest BCUT2D eigenvalue weighted by atomic mass is 32.1. The van der Waals surface area contributed by atoms with E-state index >= 15 is 0 Å². The fraction of sp³-hybridized carbons (Fsp3) is 0.118. The standard InChI is InChI=1S/C17H13FN2O2S2/c18-12-4-1-3-11(9-12)13-10-24-17(19-13)20-16(22)7-6-14(21)15-5-2-8-23-15/h1-5,8-10H,6-7H2,(H,19,20,22). The first-order chi connectivity index (χ1) is 11.6. The number of carbonyl (C=O) groups is 2. The maximum atomic E-state index is 13.2. The molecule has 2 heterocycles. The Morgan fingerprint density at radius 2 is 2.00 bits per heavy atom. The number of anilines is 1. The summed E-state index contributed by atoms with van der Waals surface area (Å²) in [5.41, 5.74) is 1.25. The lowest BCUT2D eigenvalue weighted by atomic mass is 10.2. The number of hydrogen-bond acceptors (Lipinski definition) is 5. The summed E-state index contributed by atoms with van der Waals surface area (Å²) in [6.07, 6.45) is 0.264. The van der Waals surface area contributed by atoms with Crippen LogP contribution in [0.2, 0.25) is 0 Å². The number of nitrogens with zero attached hydrogens (tertiary/aromatic N) is 1. The number of hydrogen-bond donors (Lipinski definition) is 1. The van der Waals surface area contributed by atoms with E-state index < -0.39 is 0 Å². The van der Waals surface area contributed by atoms with Crippen molar-refractivity contribution < 1.29 is 14.0 Å². The molecular formula is C17H13FN2O2S2. The Bertz CT molecular complexity index is 859. The molecule has 1 N–H and O–H groups in total. The Labute approximate surface area is 146 Å². The molecular weight excluding hydrogens is 347 g/mol. The molecule has 7 heteroatoms. The molecule has 0 atom stereocenters. The Hall–Kier alpha value is -2.38. The number of thiazole rings is 1. The van der Waals surface area contributed by atoms with Crippen molar-refractivity contribution in [2.75, 3.05) is 5.32 Å². The van der Waals surface area contributed by atoms with Crippen molar-refractivity contribution in [3.8, 4) is 11.3 Å². The Balaban J connectivity index is 1.56. The van der Waals surface area contributed by atoms with Crippen LogP contribution in [-0.2, 0) is 4.79 Å². The van der Waals surface area contributed by atoms with E-state index in [1.54, 1.807) is 23.6 Å². The molecule has 4 nitrogen and oxygen atoms in total. The van der Waals surface area contributed by atoms with Crippen LogP contribution in [0.25, 0.3) is 11.3 Å². The molecule has 3 aromatic rings. The van der Waals surface area contributed by atoms with Gasteiger partial charge in [-0.2, -0.15) is 0 Å². The molecule has 0 unspecified atom stereocenters. The SMILES string of the molecule is O=C(CCC(=O)c1cccs1)Nc1nc(-c2cccc(F)c2)cs1. The summed E-state index contributed by atoms with van der Waals surface area (Å²) in [6, 6.07) is 9.67. The molecule has 1 aromatic carbocycles. The van der Waals surface area contributed by atoms with Gasteiger partial charge in [0.05, 0.1) is 10.6 Å². The number of rotatable bonds is 6. The van der Waals surface area contributed by atoms with Gasteiger partial charge in [0.2, 0.25) is 5.91 Å². The zero-order chi connectivity index (χ0) is 16.9. The van der Waals surface area contributed by atoms with Crippen LogP contribution in [-0.4, -0.2) is 16.7 Å². The Morgan fingerprint density at radius 3 is 2.75 bits per heavy atom. The van der Waals surface area contributed by atoms with E-state index in [1.807, 2.05) is 11.4 Å². The fourth-order valence-electron chi connectivity index (χ4n) is 2.08. The lowest BCUT2D eigenvalue weighted by Gasteiger charge is -2.01. The third-order valence-electron chi connectivity index (χ3n) is 3.25. The molecule has 122 valence electrons. The number of ketones is 1.